The molecule has 0 spiro atoms. The molecule has 1 fully saturated rings. The topological polar surface area (TPSA) is 52.6 Å². The van der Waals surface area contributed by atoms with Crippen molar-refractivity contribution >= 4 is 17.4 Å². The summed E-state index contributed by atoms with van der Waals surface area (Å²) in [6, 6.07) is 1.59. The van der Waals surface area contributed by atoms with Crippen molar-refractivity contribution in [2.75, 3.05) is 19.6 Å². The van der Waals surface area contributed by atoms with Crippen molar-refractivity contribution in [3.05, 3.63) is 22.4 Å². The van der Waals surface area contributed by atoms with Gasteiger partial charge in [0.2, 0.25) is 0 Å². The molecule has 4 nitrogen and oxygen atoms in total. The Morgan fingerprint density at radius 3 is 2.64 bits per heavy atom. The molecule has 2 rings (SSSR count). The van der Waals surface area contributed by atoms with Gasteiger partial charge >= 0.3 is 12.2 Å². The number of alkyl halides is 3. The van der Waals surface area contributed by atoms with E-state index in [0.717, 1.165) is 5.56 Å². The highest BCUT2D eigenvalue weighted by atomic mass is 32.1. The fourth-order valence-electron chi connectivity index (χ4n) is 2.39. The van der Waals surface area contributed by atoms with Crippen molar-refractivity contribution in [2.24, 2.45) is 0 Å². The van der Waals surface area contributed by atoms with E-state index in [1.165, 1.54) is 4.90 Å². The van der Waals surface area contributed by atoms with Crippen LogP contribution in [0.4, 0.5) is 18.0 Å². The van der Waals surface area contributed by atoms with E-state index < -0.39 is 24.6 Å². The minimum atomic E-state index is -4.65. The van der Waals surface area contributed by atoms with Crippen LogP contribution in [-0.2, 0) is 0 Å². The molecule has 0 aromatic carbocycles. The fourth-order valence-corrected chi connectivity index (χ4v) is 3.17. The summed E-state index contributed by atoms with van der Waals surface area (Å²) < 4.78 is 38.1. The fraction of sp³-hybridized carbons (Fsp3) is 0.643. The number of aliphatic hydroxyl groups is 1. The van der Waals surface area contributed by atoms with E-state index in [-0.39, 0.29) is 25.0 Å². The van der Waals surface area contributed by atoms with Crippen LogP contribution in [0.3, 0.4) is 0 Å². The molecule has 0 unspecified atom stereocenters. The smallest absolute Gasteiger partial charge is 0.380 e. The lowest BCUT2D eigenvalue weighted by Crippen LogP contribution is -2.56. The van der Waals surface area contributed by atoms with Crippen molar-refractivity contribution in [3.63, 3.8) is 0 Å². The second-order valence-electron chi connectivity index (χ2n) is 5.66. The first-order chi connectivity index (χ1) is 10.2. The number of amides is 2. The molecule has 0 bridgehead atoms. The summed E-state index contributed by atoms with van der Waals surface area (Å²) in [5.41, 5.74) is -1.55. The van der Waals surface area contributed by atoms with Crippen LogP contribution in [0.1, 0.15) is 31.2 Å². The van der Waals surface area contributed by atoms with Gasteiger partial charge in [0.25, 0.3) is 0 Å². The first-order valence-electron chi connectivity index (χ1n) is 7.07. The molecule has 1 aliphatic rings. The van der Waals surface area contributed by atoms with Crippen molar-refractivity contribution in [1.29, 1.82) is 0 Å². The van der Waals surface area contributed by atoms with Gasteiger partial charge in [-0.1, -0.05) is 6.92 Å². The van der Waals surface area contributed by atoms with E-state index >= 15 is 0 Å². The maximum Gasteiger partial charge on any atom is 0.417 e. The van der Waals surface area contributed by atoms with E-state index in [0.29, 0.717) is 6.54 Å². The molecule has 0 radical (unpaired) electrons. The summed E-state index contributed by atoms with van der Waals surface area (Å²) in [5, 5.41) is 16.3. The molecule has 8 heteroatoms. The minimum absolute atomic E-state index is 0.103. The van der Waals surface area contributed by atoms with E-state index in [4.69, 9.17) is 0 Å². The third-order valence-corrected chi connectivity index (χ3v) is 4.78. The Morgan fingerprint density at radius 2 is 2.14 bits per heavy atom. The van der Waals surface area contributed by atoms with Gasteiger partial charge in [-0.3, -0.25) is 0 Å². The lowest BCUT2D eigenvalue weighted by Gasteiger charge is -2.39. The maximum absolute atomic E-state index is 12.7. The molecule has 1 atom stereocenters. The maximum atomic E-state index is 12.7. The summed E-state index contributed by atoms with van der Waals surface area (Å²) in [6.07, 6.45) is -5.61. The second kappa shape index (κ2) is 6.45. The Kier molecular flexibility index (Phi) is 5.01. The number of carbonyl (C=O) groups excluding carboxylic acids is 1. The number of thiophene rings is 1. The molecule has 1 saturated heterocycles. The minimum Gasteiger partial charge on any atom is -0.380 e. The Labute approximate surface area is 130 Å². The average Bonchev–Trinajstić information content (AvgIpc) is 2.98. The Hall–Kier alpha value is -1.28. The van der Waals surface area contributed by atoms with Crippen molar-refractivity contribution in [2.45, 2.75) is 37.5 Å². The van der Waals surface area contributed by atoms with Gasteiger partial charge in [0.15, 0.2) is 5.60 Å². The van der Waals surface area contributed by atoms with Gasteiger partial charge in [0.1, 0.15) is 0 Å². The number of urea groups is 1. The standard InChI is InChI=1S/C14H19F3N2O2S/c1-10(11-2-7-22-9-11)8-18-12(20)19-5-3-13(21,4-6-19)14(15,16)17/h2,7,9-10,21H,3-6,8H2,1H3,(H,18,20)/t10-/m0/s1. The Bertz CT molecular complexity index is 497. The predicted molar refractivity (Wildman–Crippen MR) is 77.9 cm³/mol. The third-order valence-electron chi connectivity index (χ3n) is 4.08. The number of halogens is 3. The number of hydrogen-bond acceptors (Lipinski definition) is 3. The molecule has 22 heavy (non-hydrogen) atoms. The quantitative estimate of drug-likeness (QED) is 0.892. The SMILES string of the molecule is C[C@@H](CNC(=O)N1CCC(O)(C(F)(F)F)CC1)c1ccsc1. The van der Waals surface area contributed by atoms with Crippen LogP contribution >= 0.6 is 11.3 Å². The van der Waals surface area contributed by atoms with Crippen molar-refractivity contribution < 1.29 is 23.1 Å². The summed E-state index contributed by atoms with van der Waals surface area (Å²) >= 11 is 1.57. The number of nitrogens with zero attached hydrogens (tertiary/aromatic N) is 1. The van der Waals surface area contributed by atoms with Gasteiger partial charge in [-0.2, -0.15) is 24.5 Å². The van der Waals surface area contributed by atoms with Crippen molar-refractivity contribution in [1.82, 2.24) is 10.2 Å². The molecular formula is C14H19F3N2O2S. The molecule has 2 heterocycles. The van der Waals surface area contributed by atoms with E-state index in [1.54, 1.807) is 11.3 Å². The van der Waals surface area contributed by atoms with Crippen LogP contribution in [0.25, 0.3) is 0 Å². The van der Waals surface area contributed by atoms with E-state index in [1.807, 2.05) is 23.8 Å². The molecule has 124 valence electrons. The molecule has 0 saturated carbocycles. The zero-order valence-corrected chi connectivity index (χ0v) is 13.0. The summed E-state index contributed by atoms with van der Waals surface area (Å²) in [7, 11) is 0. The number of likely N-dealkylation sites (tertiary alicyclic amines) is 1. The molecule has 1 aromatic rings. The van der Waals surface area contributed by atoms with Crippen LogP contribution in [0, 0.1) is 0 Å². The van der Waals surface area contributed by atoms with E-state index in [2.05, 4.69) is 5.32 Å². The third kappa shape index (κ3) is 3.73. The van der Waals surface area contributed by atoms with Crippen LogP contribution in [-0.4, -0.2) is 47.4 Å². The van der Waals surface area contributed by atoms with E-state index in [9.17, 15) is 23.1 Å². The highest BCUT2D eigenvalue weighted by molar-refractivity contribution is 7.07. The molecule has 1 aromatic heterocycles. The lowest BCUT2D eigenvalue weighted by molar-refractivity contribution is -0.271. The lowest BCUT2D eigenvalue weighted by atomic mass is 9.91. The summed E-state index contributed by atoms with van der Waals surface area (Å²) in [6.45, 7) is 2.19. The van der Waals surface area contributed by atoms with Gasteiger partial charge in [0, 0.05) is 32.5 Å². The first kappa shape index (κ1) is 17.1. The van der Waals surface area contributed by atoms with Gasteiger partial charge in [-0.15, -0.1) is 0 Å². The molecule has 0 aliphatic carbocycles. The number of carbonyl (C=O) groups is 1. The van der Waals surface area contributed by atoms with Gasteiger partial charge in [-0.25, -0.2) is 4.79 Å². The highest BCUT2D eigenvalue weighted by Gasteiger charge is 2.54. The molecule has 2 amide bonds. The van der Waals surface area contributed by atoms with Crippen LogP contribution < -0.4 is 5.32 Å². The largest absolute Gasteiger partial charge is 0.417 e. The van der Waals surface area contributed by atoms with Crippen LogP contribution in [0.15, 0.2) is 16.8 Å². The van der Waals surface area contributed by atoms with Crippen LogP contribution in [0.5, 0.6) is 0 Å². The number of rotatable bonds is 3. The number of nitrogens with one attached hydrogen (secondary N) is 1. The van der Waals surface area contributed by atoms with Crippen LogP contribution in [0.2, 0.25) is 0 Å². The van der Waals surface area contributed by atoms with Gasteiger partial charge in [0.05, 0.1) is 0 Å². The monoisotopic (exact) mass is 336 g/mol. The Morgan fingerprint density at radius 1 is 1.50 bits per heavy atom. The van der Waals surface area contributed by atoms with Crippen molar-refractivity contribution in [3.8, 4) is 0 Å². The summed E-state index contributed by atoms with van der Waals surface area (Å²) in [4.78, 5) is 13.3. The highest BCUT2D eigenvalue weighted by Crippen LogP contribution is 2.38. The average molecular weight is 336 g/mol. The number of piperidine rings is 1. The zero-order chi connectivity index (χ0) is 16.4. The molecule has 1 aliphatic heterocycles. The van der Waals surface area contributed by atoms with Gasteiger partial charge < -0.3 is 15.3 Å². The van der Waals surface area contributed by atoms with Gasteiger partial charge in [-0.05, 0) is 28.3 Å². The Balaban J connectivity index is 1.80. The number of hydrogen-bond donors (Lipinski definition) is 2. The zero-order valence-electron chi connectivity index (χ0n) is 12.2. The first-order valence-corrected chi connectivity index (χ1v) is 8.01. The predicted octanol–water partition coefficient (Wildman–Crippen LogP) is 2.95. The molecular weight excluding hydrogens is 317 g/mol. The molecule has 2 N–H and O–H groups in total. The second-order valence-corrected chi connectivity index (χ2v) is 6.44. The normalized spacial score (nSPS) is 19.8. The summed E-state index contributed by atoms with van der Waals surface area (Å²) in [5.74, 6) is 0.145.